The number of anilines is 1. The number of halogens is 2. The van der Waals surface area contributed by atoms with Gasteiger partial charge in [0.05, 0.1) is 5.69 Å². The Labute approximate surface area is 165 Å². The minimum Gasteiger partial charge on any atom is -0.384 e. The molecule has 2 aromatic carbocycles. The van der Waals surface area contributed by atoms with E-state index in [1.807, 2.05) is 30.3 Å². The van der Waals surface area contributed by atoms with Crippen LogP contribution in [0.1, 0.15) is 31.7 Å². The lowest BCUT2D eigenvalue weighted by Gasteiger charge is -2.35. The first-order valence-corrected chi connectivity index (χ1v) is 9.62. The number of nitrogens with two attached hydrogens (primary N) is 1. The van der Waals surface area contributed by atoms with Gasteiger partial charge in [-0.05, 0) is 80.3 Å². The van der Waals surface area contributed by atoms with Crippen LogP contribution in [0.3, 0.4) is 0 Å². The Hall–Kier alpha value is -1.97. The number of hydrogen-bond acceptors (Lipinski definition) is 2. The maximum absolute atomic E-state index is 6.48. The van der Waals surface area contributed by atoms with Crippen LogP contribution in [-0.2, 0) is 0 Å². The van der Waals surface area contributed by atoms with Gasteiger partial charge in [-0.1, -0.05) is 29.3 Å². The monoisotopic (exact) mass is 387 g/mol. The van der Waals surface area contributed by atoms with Gasteiger partial charge in [-0.25, -0.2) is 4.99 Å². The second-order valence-electron chi connectivity index (χ2n) is 6.59. The summed E-state index contributed by atoms with van der Waals surface area (Å²) in [5.74, 6) is 0.414. The fourth-order valence-electron chi connectivity index (χ4n) is 3.19. The topological polar surface area (TPSA) is 41.6 Å². The summed E-state index contributed by atoms with van der Waals surface area (Å²) in [4.78, 5) is 6.77. The Bertz CT molecular complexity index is 813. The summed E-state index contributed by atoms with van der Waals surface area (Å²) < 4.78 is 0. The lowest BCUT2D eigenvalue weighted by molar-refractivity contribution is 0.485. The fourth-order valence-corrected chi connectivity index (χ4v) is 3.55. The highest BCUT2D eigenvalue weighted by Crippen LogP contribution is 2.29. The molecule has 0 radical (unpaired) electrons. The third-order valence-electron chi connectivity index (χ3n) is 4.64. The first-order chi connectivity index (χ1) is 12.5. The van der Waals surface area contributed by atoms with Crippen LogP contribution in [0.2, 0.25) is 10.0 Å². The number of rotatable bonds is 4. The van der Waals surface area contributed by atoms with Gasteiger partial charge in [-0.3, -0.25) is 0 Å². The summed E-state index contributed by atoms with van der Waals surface area (Å²) >= 11 is 12.4. The van der Waals surface area contributed by atoms with E-state index in [1.165, 1.54) is 24.9 Å². The molecule has 1 heterocycles. The van der Waals surface area contributed by atoms with Crippen molar-refractivity contribution in [2.45, 2.75) is 32.2 Å². The van der Waals surface area contributed by atoms with Crippen LogP contribution in [0.5, 0.6) is 0 Å². The van der Waals surface area contributed by atoms with Crippen molar-refractivity contribution in [2.75, 3.05) is 11.4 Å². The fraction of sp³-hybridized carbons (Fsp3) is 0.286. The van der Waals surface area contributed by atoms with Crippen molar-refractivity contribution in [1.82, 2.24) is 0 Å². The van der Waals surface area contributed by atoms with Gasteiger partial charge >= 0.3 is 0 Å². The number of benzene rings is 2. The lowest BCUT2D eigenvalue weighted by atomic mass is 10.0. The summed E-state index contributed by atoms with van der Waals surface area (Å²) in [5.41, 5.74) is 8.85. The molecule has 0 bridgehead atoms. The molecule has 1 fully saturated rings. The summed E-state index contributed by atoms with van der Waals surface area (Å²) in [6.07, 6.45) is 7.43. The molecule has 5 heteroatoms. The Morgan fingerprint density at radius 2 is 1.92 bits per heavy atom. The molecule has 2 aromatic rings. The summed E-state index contributed by atoms with van der Waals surface area (Å²) in [6.45, 7) is 3.36. The maximum atomic E-state index is 6.48. The van der Waals surface area contributed by atoms with Crippen LogP contribution >= 0.6 is 23.2 Å². The molecule has 0 spiro atoms. The lowest BCUT2D eigenvalue weighted by Crippen LogP contribution is -2.37. The minimum atomic E-state index is 0.414. The zero-order valence-corrected chi connectivity index (χ0v) is 16.3. The van der Waals surface area contributed by atoms with Crippen LogP contribution in [0, 0.1) is 0 Å². The molecule has 0 saturated carbocycles. The summed E-state index contributed by atoms with van der Waals surface area (Å²) in [5, 5.41) is 1.39. The molecule has 3 nitrogen and oxygen atoms in total. The molecular formula is C21H23Cl2N3. The minimum absolute atomic E-state index is 0.414. The average molecular weight is 388 g/mol. The molecule has 0 aromatic heterocycles. The largest absolute Gasteiger partial charge is 0.384 e. The van der Waals surface area contributed by atoms with E-state index < -0.39 is 0 Å². The van der Waals surface area contributed by atoms with Gasteiger partial charge in [0.2, 0.25) is 0 Å². The van der Waals surface area contributed by atoms with Gasteiger partial charge < -0.3 is 10.6 Å². The maximum Gasteiger partial charge on any atom is 0.124 e. The molecular weight excluding hydrogens is 365 g/mol. The molecule has 0 aliphatic carbocycles. The summed E-state index contributed by atoms with van der Waals surface area (Å²) in [6, 6.07) is 14.0. The number of amidine groups is 1. The highest BCUT2D eigenvalue weighted by molar-refractivity contribution is 6.32. The van der Waals surface area contributed by atoms with Crippen LogP contribution in [0.15, 0.2) is 53.5 Å². The van der Waals surface area contributed by atoms with Crippen molar-refractivity contribution >= 4 is 46.5 Å². The molecule has 1 unspecified atom stereocenters. The Balaban J connectivity index is 1.73. The number of nitrogens with zero attached hydrogens (tertiary/aromatic N) is 2. The van der Waals surface area contributed by atoms with Crippen LogP contribution < -0.4 is 10.6 Å². The van der Waals surface area contributed by atoms with Crippen LogP contribution in [0.25, 0.3) is 6.08 Å². The van der Waals surface area contributed by atoms with E-state index in [-0.39, 0.29) is 0 Å². The van der Waals surface area contributed by atoms with E-state index in [1.54, 1.807) is 18.2 Å². The molecule has 1 atom stereocenters. The van der Waals surface area contributed by atoms with Crippen molar-refractivity contribution < 1.29 is 0 Å². The quantitative estimate of drug-likeness (QED) is 0.510. The van der Waals surface area contributed by atoms with Crippen LogP contribution in [0.4, 0.5) is 11.4 Å². The van der Waals surface area contributed by atoms with Crippen molar-refractivity contribution in [2.24, 2.45) is 10.7 Å². The van der Waals surface area contributed by atoms with Crippen molar-refractivity contribution in [3.8, 4) is 0 Å². The third kappa shape index (κ3) is 4.80. The molecule has 1 aliphatic rings. The highest BCUT2D eigenvalue weighted by atomic mass is 35.5. The smallest absolute Gasteiger partial charge is 0.124 e. The summed E-state index contributed by atoms with van der Waals surface area (Å²) in [7, 11) is 0. The first-order valence-electron chi connectivity index (χ1n) is 8.87. The molecule has 1 aliphatic heterocycles. The highest BCUT2D eigenvalue weighted by Gasteiger charge is 2.18. The van der Waals surface area contributed by atoms with Crippen molar-refractivity contribution in [1.29, 1.82) is 0 Å². The van der Waals surface area contributed by atoms with E-state index in [4.69, 9.17) is 28.9 Å². The van der Waals surface area contributed by atoms with Gasteiger partial charge in [0.1, 0.15) is 5.84 Å². The predicted octanol–water partition coefficient (Wildman–Crippen LogP) is 6.07. The Kier molecular flexibility index (Phi) is 6.23. The SMILES string of the molecule is CC1CCCCN1c1ccc(C=CC(N)=Nc2ccc(Cl)cc2)c(Cl)c1. The van der Waals surface area contributed by atoms with E-state index in [0.717, 1.165) is 22.8 Å². The molecule has 1 saturated heterocycles. The first kappa shape index (κ1) is 18.8. The molecule has 3 rings (SSSR count). The average Bonchev–Trinajstić information content (AvgIpc) is 2.63. The Morgan fingerprint density at radius 1 is 1.15 bits per heavy atom. The van der Waals surface area contributed by atoms with Crippen LogP contribution in [-0.4, -0.2) is 18.4 Å². The molecule has 0 amide bonds. The standard InChI is InChI=1S/C21H23Cl2N3/c1-15-4-2-3-13-26(15)19-11-5-16(20(23)14-19)6-12-21(24)25-18-9-7-17(22)8-10-18/h5-12,14-15H,2-4,13H2,1H3,(H2,24,25). The second kappa shape index (κ2) is 8.61. The van der Waals surface area contributed by atoms with Gasteiger partial charge in [0.25, 0.3) is 0 Å². The predicted molar refractivity (Wildman–Crippen MR) is 114 cm³/mol. The third-order valence-corrected chi connectivity index (χ3v) is 5.22. The van der Waals surface area contributed by atoms with E-state index in [9.17, 15) is 0 Å². The van der Waals surface area contributed by atoms with Crippen molar-refractivity contribution in [3.63, 3.8) is 0 Å². The van der Waals surface area contributed by atoms with Gasteiger partial charge in [0, 0.05) is 28.3 Å². The van der Waals surface area contributed by atoms with Gasteiger partial charge in [-0.2, -0.15) is 0 Å². The van der Waals surface area contributed by atoms with Gasteiger partial charge in [-0.15, -0.1) is 0 Å². The van der Waals surface area contributed by atoms with E-state index >= 15 is 0 Å². The number of hydrogen-bond donors (Lipinski definition) is 1. The molecule has 26 heavy (non-hydrogen) atoms. The van der Waals surface area contributed by atoms with Crippen molar-refractivity contribution in [3.05, 3.63) is 64.1 Å². The molecule has 2 N–H and O–H groups in total. The number of aliphatic imine (C=N–C) groups is 1. The zero-order valence-electron chi connectivity index (χ0n) is 14.8. The normalized spacial score (nSPS) is 18.5. The van der Waals surface area contributed by atoms with Gasteiger partial charge in [0.15, 0.2) is 0 Å². The van der Waals surface area contributed by atoms with E-state index in [2.05, 4.69) is 22.9 Å². The second-order valence-corrected chi connectivity index (χ2v) is 7.43. The van der Waals surface area contributed by atoms with E-state index in [0.29, 0.717) is 16.9 Å². The number of piperidine rings is 1. The zero-order chi connectivity index (χ0) is 18.5. The molecule has 136 valence electrons. The Morgan fingerprint density at radius 3 is 2.62 bits per heavy atom.